The number of para-hydroxylation sites is 1. The summed E-state index contributed by atoms with van der Waals surface area (Å²) in [6.45, 7) is 9.91. The lowest BCUT2D eigenvalue weighted by atomic mass is 9.90. The molecule has 0 bridgehead atoms. The van der Waals surface area contributed by atoms with Gasteiger partial charge in [0.25, 0.3) is 0 Å². The molecule has 0 saturated carbocycles. The Morgan fingerprint density at radius 2 is 1.65 bits per heavy atom. The quantitative estimate of drug-likeness (QED) is 0.645. The van der Waals surface area contributed by atoms with Crippen molar-refractivity contribution < 1.29 is 0 Å². The van der Waals surface area contributed by atoms with Gasteiger partial charge in [-0.05, 0) is 80.9 Å². The van der Waals surface area contributed by atoms with E-state index < -0.39 is 0 Å². The number of aromatic nitrogens is 1. The Hall–Kier alpha value is -1.77. The van der Waals surface area contributed by atoms with Crippen molar-refractivity contribution in [2.24, 2.45) is 0 Å². The van der Waals surface area contributed by atoms with Crippen LogP contribution in [0.4, 0.5) is 0 Å². The van der Waals surface area contributed by atoms with Gasteiger partial charge in [-0.25, -0.2) is 0 Å². The van der Waals surface area contributed by atoms with Crippen molar-refractivity contribution in [3.63, 3.8) is 0 Å². The Morgan fingerprint density at radius 3 is 2.35 bits per heavy atom. The molecule has 1 saturated heterocycles. The number of aryl methyl sites for hydroxylation is 3. The predicted octanol–water partition coefficient (Wildman–Crippen LogP) is 5.50. The van der Waals surface area contributed by atoms with Crippen molar-refractivity contribution in [1.29, 1.82) is 0 Å². The Morgan fingerprint density at radius 1 is 1.00 bits per heavy atom. The van der Waals surface area contributed by atoms with E-state index in [4.69, 9.17) is 0 Å². The highest BCUT2D eigenvalue weighted by atomic mass is 35.5. The molecule has 0 amide bonds. The third-order valence-corrected chi connectivity index (χ3v) is 5.77. The maximum atomic E-state index is 3.49. The summed E-state index contributed by atoms with van der Waals surface area (Å²) in [4.78, 5) is 0. The van der Waals surface area contributed by atoms with E-state index in [0.29, 0.717) is 5.92 Å². The van der Waals surface area contributed by atoms with Crippen LogP contribution in [0.25, 0.3) is 10.9 Å². The number of benzene rings is 2. The lowest BCUT2D eigenvalue weighted by Crippen LogP contribution is -2.26. The third kappa shape index (κ3) is 3.54. The highest BCUT2D eigenvalue weighted by Crippen LogP contribution is 2.33. The SMILES string of the molecule is Cc1cc(C)c(Cn2cc(C3CCNCC3)c3ccccc32)c(C)c1.Cl. The van der Waals surface area contributed by atoms with Crippen LogP contribution in [-0.4, -0.2) is 17.7 Å². The molecule has 2 heterocycles. The van der Waals surface area contributed by atoms with E-state index in [1.54, 1.807) is 5.56 Å². The van der Waals surface area contributed by atoms with Gasteiger partial charge in [-0.1, -0.05) is 35.9 Å². The molecule has 1 fully saturated rings. The van der Waals surface area contributed by atoms with Crippen LogP contribution in [0, 0.1) is 20.8 Å². The summed E-state index contributed by atoms with van der Waals surface area (Å²) >= 11 is 0. The van der Waals surface area contributed by atoms with Gasteiger partial charge in [0.15, 0.2) is 0 Å². The van der Waals surface area contributed by atoms with E-state index in [9.17, 15) is 0 Å². The van der Waals surface area contributed by atoms with Gasteiger partial charge in [-0.3, -0.25) is 0 Å². The fourth-order valence-corrected chi connectivity index (χ4v) is 4.49. The smallest absolute Gasteiger partial charge is 0.0486 e. The van der Waals surface area contributed by atoms with Gasteiger partial charge in [-0.2, -0.15) is 0 Å². The number of piperidine rings is 1. The van der Waals surface area contributed by atoms with Gasteiger partial charge >= 0.3 is 0 Å². The summed E-state index contributed by atoms with van der Waals surface area (Å²) in [6.07, 6.45) is 4.92. The fraction of sp³-hybridized carbons (Fsp3) is 0.391. The fourth-order valence-electron chi connectivity index (χ4n) is 4.49. The topological polar surface area (TPSA) is 17.0 Å². The van der Waals surface area contributed by atoms with Crippen molar-refractivity contribution in [1.82, 2.24) is 9.88 Å². The lowest BCUT2D eigenvalue weighted by Gasteiger charge is -2.22. The molecule has 3 heteroatoms. The lowest BCUT2D eigenvalue weighted by molar-refractivity contribution is 0.461. The van der Waals surface area contributed by atoms with E-state index in [-0.39, 0.29) is 12.4 Å². The minimum absolute atomic E-state index is 0. The van der Waals surface area contributed by atoms with Gasteiger partial charge in [0, 0.05) is 23.6 Å². The molecule has 2 aromatic carbocycles. The second kappa shape index (κ2) is 7.85. The highest BCUT2D eigenvalue weighted by molar-refractivity contribution is 5.85. The predicted molar refractivity (Wildman–Crippen MR) is 114 cm³/mol. The Bertz CT molecular complexity index is 881. The van der Waals surface area contributed by atoms with E-state index in [1.165, 1.54) is 46.0 Å². The number of hydrogen-bond acceptors (Lipinski definition) is 1. The third-order valence-electron chi connectivity index (χ3n) is 5.77. The number of fused-ring (bicyclic) bond motifs is 1. The Labute approximate surface area is 163 Å². The van der Waals surface area contributed by atoms with Crippen LogP contribution in [0.1, 0.15) is 46.6 Å². The molecule has 26 heavy (non-hydrogen) atoms. The zero-order valence-electron chi connectivity index (χ0n) is 16.0. The molecule has 0 aliphatic carbocycles. The zero-order valence-corrected chi connectivity index (χ0v) is 16.8. The summed E-state index contributed by atoms with van der Waals surface area (Å²) in [6, 6.07) is 13.5. The van der Waals surface area contributed by atoms with Gasteiger partial charge < -0.3 is 9.88 Å². The molecular weight excluding hydrogens is 340 g/mol. The second-order valence-corrected chi connectivity index (χ2v) is 7.63. The van der Waals surface area contributed by atoms with E-state index in [2.05, 4.69) is 73.3 Å². The average molecular weight is 369 g/mol. The molecule has 1 aliphatic heterocycles. The van der Waals surface area contributed by atoms with Crippen molar-refractivity contribution in [2.75, 3.05) is 13.1 Å². The van der Waals surface area contributed by atoms with E-state index in [1.807, 2.05) is 0 Å². The zero-order chi connectivity index (χ0) is 17.4. The van der Waals surface area contributed by atoms with Crippen molar-refractivity contribution in [3.05, 3.63) is 70.4 Å². The molecule has 138 valence electrons. The summed E-state index contributed by atoms with van der Waals surface area (Å²) in [7, 11) is 0. The molecule has 2 nitrogen and oxygen atoms in total. The maximum Gasteiger partial charge on any atom is 0.0486 e. The molecule has 1 N–H and O–H groups in total. The molecule has 0 spiro atoms. The van der Waals surface area contributed by atoms with Crippen LogP contribution in [-0.2, 0) is 6.54 Å². The van der Waals surface area contributed by atoms with E-state index >= 15 is 0 Å². The first kappa shape index (κ1) is 19.0. The summed E-state index contributed by atoms with van der Waals surface area (Å²) in [5.41, 5.74) is 8.53. The minimum atomic E-state index is 0. The first-order valence-electron chi connectivity index (χ1n) is 9.48. The van der Waals surface area contributed by atoms with Gasteiger partial charge in [0.05, 0.1) is 0 Å². The van der Waals surface area contributed by atoms with E-state index in [0.717, 1.165) is 19.6 Å². The Balaban J connectivity index is 0.00000196. The highest BCUT2D eigenvalue weighted by Gasteiger charge is 2.20. The van der Waals surface area contributed by atoms with Crippen LogP contribution >= 0.6 is 12.4 Å². The van der Waals surface area contributed by atoms with Crippen LogP contribution in [0.2, 0.25) is 0 Å². The minimum Gasteiger partial charge on any atom is -0.343 e. The van der Waals surface area contributed by atoms with Crippen LogP contribution in [0.3, 0.4) is 0 Å². The monoisotopic (exact) mass is 368 g/mol. The number of rotatable bonds is 3. The average Bonchev–Trinajstić information content (AvgIpc) is 2.98. The largest absolute Gasteiger partial charge is 0.343 e. The molecule has 0 atom stereocenters. The standard InChI is InChI=1S/C23H28N2.ClH/c1-16-12-17(2)21(18(3)13-16)14-25-15-22(19-8-10-24-11-9-19)20-6-4-5-7-23(20)25;/h4-7,12-13,15,19,24H,8-11,14H2,1-3H3;1H. The summed E-state index contributed by atoms with van der Waals surface area (Å²) < 4.78 is 2.47. The summed E-state index contributed by atoms with van der Waals surface area (Å²) in [5, 5.41) is 4.93. The molecule has 4 rings (SSSR count). The molecule has 0 radical (unpaired) electrons. The number of hydrogen-bond donors (Lipinski definition) is 1. The first-order chi connectivity index (χ1) is 12.1. The first-order valence-corrected chi connectivity index (χ1v) is 9.48. The molecule has 1 aliphatic rings. The number of nitrogens with one attached hydrogen (secondary N) is 1. The van der Waals surface area contributed by atoms with Crippen LogP contribution in [0.5, 0.6) is 0 Å². The van der Waals surface area contributed by atoms with Gasteiger partial charge in [-0.15, -0.1) is 12.4 Å². The number of nitrogens with zero attached hydrogens (tertiary/aromatic N) is 1. The van der Waals surface area contributed by atoms with Crippen molar-refractivity contribution in [3.8, 4) is 0 Å². The van der Waals surface area contributed by atoms with Crippen molar-refractivity contribution >= 4 is 23.3 Å². The molecule has 1 aromatic heterocycles. The van der Waals surface area contributed by atoms with Gasteiger partial charge in [0.2, 0.25) is 0 Å². The maximum absolute atomic E-state index is 3.49. The van der Waals surface area contributed by atoms with Crippen LogP contribution in [0.15, 0.2) is 42.6 Å². The number of halogens is 1. The normalized spacial score (nSPS) is 15.2. The van der Waals surface area contributed by atoms with Gasteiger partial charge in [0.1, 0.15) is 0 Å². The molecular formula is C23H29ClN2. The second-order valence-electron chi connectivity index (χ2n) is 7.63. The molecule has 3 aromatic rings. The Kier molecular flexibility index (Phi) is 5.74. The summed E-state index contributed by atoms with van der Waals surface area (Å²) in [5.74, 6) is 0.688. The van der Waals surface area contributed by atoms with Crippen molar-refractivity contribution in [2.45, 2.75) is 46.1 Å². The molecule has 0 unspecified atom stereocenters. The van der Waals surface area contributed by atoms with Crippen LogP contribution < -0.4 is 5.32 Å².